The van der Waals surface area contributed by atoms with Gasteiger partial charge in [0.25, 0.3) is 0 Å². The van der Waals surface area contributed by atoms with Crippen molar-refractivity contribution in [1.29, 1.82) is 0 Å². The minimum atomic E-state index is -0.319. The zero-order valence-electron chi connectivity index (χ0n) is 9.39. The van der Waals surface area contributed by atoms with Gasteiger partial charge in [-0.15, -0.1) is 0 Å². The van der Waals surface area contributed by atoms with Crippen molar-refractivity contribution in [1.82, 2.24) is 4.98 Å². The molecule has 0 aliphatic rings. The lowest BCUT2D eigenvalue weighted by Gasteiger charge is -2.08. The summed E-state index contributed by atoms with van der Waals surface area (Å²) in [6.45, 7) is 0.292. The number of rotatable bonds is 4. The lowest BCUT2D eigenvalue weighted by molar-refractivity contribution is 0.292. The molecule has 1 aromatic carbocycles. The number of hydrogen-bond acceptors (Lipinski definition) is 3. The first-order valence-corrected chi connectivity index (χ1v) is 5.16. The Kier molecular flexibility index (Phi) is 3.55. The third-order valence-corrected chi connectivity index (χ3v) is 2.23. The highest BCUT2D eigenvalue weighted by Gasteiger charge is 2.04. The number of nitrogens with zero attached hydrogens (tertiary/aromatic N) is 1. The maximum Gasteiger partial charge on any atom is 0.219 e. The number of pyridine rings is 1. The molecule has 0 aliphatic carbocycles. The second kappa shape index (κ2) is 5.30. The largest absolute Gasteiger partial charge is 0.489 e. The average molecular weight is 233 g/mol. The predicted octanol–water partition coefficient (Wildman–Crippen LogP) is 2.81. The molecule has 2 rings (SSSR count). The van der Waals surface area contributed by atoms with Crippen LogP contribution in [-0.4, -0.2) is 12.1 Å². The summed E-state index contributed by atoms with van der Waals surface area (Å²) in [5.41, 5.74) is 0.819. The highest BCUT2D eigenvalue weighted by Crippen LogP contribution is 2.18. The van der Waals surface area contributed by atoms with E-state index in [0.29, 0.717) is 18.2 Å². The van der Waals surface area contributed by atoms with E-state index in [-0.39, 0.29) is 5.82 Å². The van der Waals surface area contributed by atoms with Crippen molar-refractivity contribution >= 4 is 0 Å². The van der Waals surface area contributed by atoms with Gasteiger partial charge < -0.3 is 9.47 Å². The second-order valence-electron chi connectivity index (χ2n) is 3.42. The first-order chi connectivity index (χ1) is 8.29. The molecule has 1 heterocycles. The maximum atomic E-state index is 12.9. The van der Waals surface area contributed by atoms with E-state index >= 15 is 0 Å². The molecule has 4 heteroatoms. The number of aromatic nitrogens is 1. The maximum absolute atomic E-state index is 12.9. The highest BCUT2D eigenvalue weighted by atomic mass is 19.1. The molecule has 1 aromatic heterocycles. The van der Waals surface area contributed by atoms with Crippen LogP contribution in [0, 0.1) is 5.82 Å². The molecule has 0 atom stereocenters. The topological polar surface area (TPSA) is 31.4 Å². The first-order valence-electron chi connectivity index (χ1n) is 5.16. The molecule has 0 spiro atoms. The van der Waals surface area contributed by atoms with E-state index in [1.54, 1.807) is 31.5 Å². The molecule has 0 amide bonds. The molecule has 0 bridgehead atoms. The zero-order chi connectivity index (χ0) is 12.1. The highest BCUT2D eigenvalue weighted by molar-refractivity contribution is 5.27. The van der Waals surface area contributed by atoms with E-state index in [9.17, 15) is 4.39 Å². The number of hydrogen-bond donors (Lipinski definition) is 0. The van der Waals surface area contributed by atoms with E-state index in [2.05, 4.69) is 4.98 Å². The van der Waals surface area contributed by atoms with E-state index in [4.69, 9.17) is 9.47 Å². The molecular weight excluding hydrogens is 221 g/mol. The van der Waals surface area contributed by atoms with Gasteiger partial charge in [0, 0.05) is 12.3 Å². The molecule has 2 aromatic rings. The molecule has 0 saturated carbocycles. The number of ether oxygens (including phenoxy) is 2. The third kappa shape index (κ3) is 2.93. The van der Waals surface area contributed by atoms with E-state index in [1.165, 1.54) is 12.1 Å². The summed E-state index contributed by atoms with van der Waals surface area (Å²) in [5, 5.41) is 0. The van der Waals surface area contributed by atoms with Gasteiger partial charge in [0.15, 0.2) is 0 Å². The molecule has 0 fully saturated rings. The van der Waals surface area contributed by atoms with Gasteiger partial charge in [0.05, 0.1) is 12.7 Å². The number of methoxy groups -OCH3 is 1. The minimum absolute atomic E-state index is 0.292. The van der Waals surface area contributed by atoms with Crippen LogP contribution in [0.2, 0.25) is 0 Å². The van der Waals surface area contributed by atoms with Gasteiger partial charge in [0.1, 0.15) is 18.2 Å². The molecule has 0 radical (unpaired) electrons. The van der Waals surface area contributed by atoms with Crippen LogP contribution in [0.5, 0.6) is 11.6 Å². The normalized spacial score (nSPS) is 10.0. The molecule has 17 heavy (non-hydrogen) atoms. The molecule has 88 valence electrons. The van der Waals surface area contributed by atoms with E-state index < -0.39 is 0 Å². The lowest BCUT2D eigenvalue weighted by atomic mass is 10.3. The Labute approximate surface area is 98.8 Å². The molecule has 0 N–H and O–H groups in total. The van der Waals surface area contributed by atoms with Gasteiger partial charge in [-0.3, -0.25) is 0 Å². The van der Waals surface area contributed by atoms with Crippen molar-refractivity contribution in [2.45, 2.75) is 6.61 Å². The number of halogens is 1. The van der Waals surface area contributed by atoms with Crippen LogP contribution in [0.25, 0.3) is 0 Å². The van der Waals surface area contributed by atoms with Crippen molar-refractivity contribution in [3.05, 3.63) is 54.0 Å². The van der Waals surface area contributed by atoms with E-state index in [1.807, 2.05) is 6.07 Å². The monoisotopic (exact) mass is 233 g/mol. The molecular formula is C13H12FNO2. The quantitative estimate of drug-likeness (QED) is 0.813. The van der Waals surface area contributed by atoms with Crippen molar-refractivity contribution in [2.75, 3.05) is 7.11 Å². The molecule has 3 nitrogen and oxygen atoms in total. The smallest absolute Gasteiger partial charge is 0.219 e. The van der Waals surface area contributed by atoms with Gasteiger partial charge >= 0.3 is 0 Å². The summed E-state index contributed by atoms with van der Waals surface area (Å²) in [7, 11) is 1.55. The molecule has 0 aliphatic heterocycles. The Hall–Kier alpha value is -2.10. The minimum Gasteiger partial charge on any atom is -0.489 e. The Morgan fingerprint density at radius 1 is 1.24 bits per heavy atom. The Morgan fingerprint density at radius 2 is 2.12 bits per heavy atom. The van der Waals surface area contributed by atoms with Crippen molar-refractivity contribution in [3.8, 4) is 11.6 Å². The summed E-state index contributed by atoms with van der Waals surface area (Å²) in [6.07, 6.45) is 1.64. The van der Waals surface area contributed by atoms with Crippen LogP contribution in [-0.2, 0) is 6.61 Å². The van der Waals surface area contributed by atoms with Gasteiger partial charge in [-0.05, 0) is 24.3 Å². The predicted molar refractivity (Wildman–Crippen MR) is 61.5 cm³/mol. The fourth-order valence-corrected chi connectivity index (χ4v) is 1.44. The third-order valence-electron chi connectivity index (χ3n) is 2.23. The van der Waals surface area contributed by atoms with Gasteiger partial charge in [-0.2, -0.15) is 0 Å². The van der Waals surface area contributed by atoms with Crippen LogP contribution >= 0.6 is 0 Å². The fourth-order valence-electron chi connectivity index (χ4n) is 1.44. The SMILES string of the molecule is COc1ncccc1COc1cccc(F)c1. The number of benzene rings is 1. The van der Waals surface area contributed by atoms with Gasteiger partial charge in [0.2, 0.25) is 5.88 Å². The van der Waals surface area contributed by atoms with Gasteiger partial charge in [-0.1, -0.05) is 6.07 Å². The van der Waals surface area contributed by atoms with Crippen LogP contribution < -0.4 is 9.47 Å². The molecule has 0 unspecified atom stereocenters. The van der Waals surface area contributed by atoms with Crippen LogP contribution in [0.15, 0.2) is 42.6 Å². The van der Waals surface area contributed by atoms with E-state index in [0.717, 1.165) is 5.56 Å². The summed E-state index contributed by atoms with van der Waals surface area (Å²) in [6, 6.07) is 9.66. The second-order valence-corrected chi connectivity index (χ2v) is 3.42. The zero-order valence-corrected chi connectivity index (χ0v) is 9.39. The van der Waals surface area contributed by atoms with Crippen molar-refractivity contribution < 1.29 is 13.9 Å². The van der Waals surface area contributed by atoms with Crippen molar-refractivity contribution in [3.63, 3.8) is 0 Å². The first kappa shape index (κ1) is 11.4. The summed E-state index contributed by atoms with van der Waals surface area (Å²) < 4.78 is 23.5. The average Bonchev–Trinajstić information content (AvgIpc) is 2.37. The summed E-state index contributed by atoms with van der Waals surface area (Å²) in [4.78, 5) is 4.05. The van der Waals surface area contributed by atoms with Crippen LogP contribution in [0.3, 0.4) is 0 Å². The summed E-state index contributed by atoms with van der Waals surface area (Å²) in [5.74, 6) is 0.681. The fraction of sp³-hybridized carbons (Fsp3) is 0.154. The lowest BCUT2D eigenvalue weighted by Crippen LogP contribution is -2.00. The Balaban J connectivity index is 2.07. The Morgan fingerprint density at radius 3 is 2.88 bits per heavy atom. The summed E-state index contributed by atoms with van der Waals surface area (Å²) >= 11 is 0. The van der Waals surface area contributed by atoms with Crippen LogP contribution in [0.4, 0.5) is 4.39 Å². The standard InChI is InChI=1S/C13H12FNO2/c1-16-13-10(4-3-7-15-13)9-17-12-6-2-5-11(14)8-12/h2-8H,9H2,1H3. The van der Waals surface area contributed by atoms with Crippen molar-refractivity contribution in [2.24, 2.45) is 0 Å². The Bertz CT molecular complexity index is 502. The van der Waals surface area contributed by atoms with Crippen LogP contribution in [0.1, 0.15) is 5.56 Å². The van der Waals surface area contributed by atoms with Gasteiger partial charge in [-0.25, -0.2) is 9.37 Å². The molecule has 0 saturated heterocycles.